The molecule has 0 aromatic carbocycles. The average molecular weight is 194 g/mol. The lowest BCUT2D eigenvalue weighted by atomic mass is 9.63. The number of hydrogen-bond acceptors (Lipinski definition) is 1. The first kappa shape index (κ1) is 10.2. The fraction of sp³-hybridized carbons (Fsp3) is 0.846. The van der Waals surface area contributed by atoms with Crippen LogP contribution in [0, 0.1) is 17.3 Å². The predicted octanol–water partition coefficient (Wildman–Crippen LogP) is 3.40. The molecule has 1 aliphatic carbocycles. The molecule has 1 heterocycles. The van der Waals surface area contributed by atoms with Crippen LogP contribution in [0.5, 0.6) is 0 Å². The molecule has 0 spiro atoms. The summed E-state index contributed by atoms with van der Waals surface area (Å²) in [5.74, 6) is 1.44. The van der Waals surface area contributed by atoms with E-state index in [1.165, 1.54) is 12.8 Å². The van der Waals surface area contributed by atoms with Gasteiger partial charge in [0.15, 0.2) is 0 Å². The SMILES string of the molecule is CCC1OCC2(C)C(C)C=C(C)CC12. The maximum Gasteiger partial charge on any atom is 0.0610 e. The van der Waals surface area contributed by atoms with Gasteiger partial charge in [-0.2, -0.15) is 0 Å². The first-order chi connectivity index (χ1) is 6.58. The summed E-state index contributed by atoms with van der Waals surface area (Å²) in [5.41, 5.74) is 1.96. The molecule has 0 aromatic heterocycles. The second-order valence-electron chi connectivity index (χ2n) is 5.38. The van der Waals surface area contributed by atoms with E-state index in [9.17, 15) is 0 Å². The summed E-state index contributed by atoms with van der Waals surface area (Å²) in [7, 11) is 0. The third-order valence-corrected chi connectivity index (χ3v) is 4.42. The lowest BCUT2D eigenvalue weighted by molar-refractivity contribution is 0.0847. The zero-order valence-corrected chi connectivity index (χ0v) is 9.84. The Kier molecular flexibility index (Phi) is 2.46. The minimum atomic E-state index is 0.403. The van der Waals surface area contributed by atoms with Crippen molar-refractivity contribution in [1.29, 1.82) is 0 Å². The Morgan fingerprint density at radius 3 is 2.93 bits per heavy atom. The molecule has 2 aliphatic rings. The number of allylic oxidation sites excluding steroid dienone is 2. The Labute approximate surface area is 87.5 Å². The third-order valence-electron chi connectivity index (χ3n) is 4.42. The molecule has 1 heteroatoms. The second-order valence-corrected chi connectivity index (χ2v) is 5.38. The smallest absolute Gasteiger partial charge is 0.0610 e. The third kappa shape index (κ3) is 1.33. The number of rotatable bonds is 1. The minimum absolute atomic E-state index is 0.403. The molecule has 0 aromatic rings. The highest BCUT2D eigenvalue weighted by atomic mass is 16.5. The zero-order valence-electron chi connectivity index (χ0n) is 9.84. The van der Waals surface area contributed by atoms with Gasteiger partial charge in [-0.3, -0.25) is 0 Å². The topological polar surface area (TPSA) is 9.23 Å². The van der Waals surface area contributed by atoms with Crippen molar-refractivity contribution in [2.45, 2.75) is 46.6 Å². The maximum atomic E-state index is 5.94. The van der Waals surface area contributed by atoms with Crippen LogP contribution in [0.2, 0.25) is 0 Å². The van der Waals surface area contributed by atoms with Crippen LogP contribution in [0.25, 0.3) is 0 Å². The van der Waals surface area contributed by atoms with Gasteiger partial charge in [0.1, 0.15) is 0 Å². The highest BCUT2D eigenvalue weighted by molar-refractivity contribution is 5.15. The summed E-state index contributed by atoms with van der Waals surface area (Å²) < 4.78 is 5.94. The molecule has 0 radical (unpaired) electrons. The summed E-state index contributed by atoms with van der Waals surface area (Å²) in [6.07, 6.45) is 5.36. The van der Waals surface area contributed by atoms with Crippen LogP contribution in [0.15, 0.2) is 11.6 Å². The van der Waals surface area contributed by atoms with Gasteiger partial charge < -0.3 is 4.74 Å². The number of hydrogen-bond donors (Lipinski definition) is 0. The lowest BCUT2D eigenvalue weighted by Gasteiger charge is -2.40. The molecular formula is C13H22O. The minimum Gasteiger partial charge on any atom is -0.377 e. The molecule has 0 saturated carbocycles. The van der Waals surface area contributed by atoms with Crippen molar-refractivity contribution in [3.8, 4) is 0 Å². The van der Waals surface area contributed by atoms with E-state index < -0.39 is 0 Å². The zero-order chi connectivity index (χ0) is 10.3. The summed E-state index contributed by atoms with van der Waals surface area (Å²) in [4.78, 5) is 0. The van der Waals surface area contributed by atoms with Crippen LogP contribution in [-0.4, -0.2) is 12.7 Å². The second kappa shape index (κ2) is 3.37. The molecule has 1 nitrogen and oxygen atoms in total. The van der Waals surface area contributed by atoms with Crippen molar-refractivity contribution >= 4 is 0 Å². The maximum absolute atomic E-state index is 5.94. The Morgan fingerprint density at radius 2 is 2.29 bits per heavy atom. The normalized spacial score (nSPS) is 47.4. The molecule has 0 bridgehead atoms. The van der Waals surface area contributed by atoms with E-state index in [1.54, 1.807) is 5.57 Å². The molecular weight excluding hydrogens is 172 g/mol. The summed E-state index contributed by atoms with van der Waals surface area (Å²) in [5, 5.41) is 0. The van der Waals surface area contributed by atoms with Crippen LogP contribution in [0.1, 0.15) is 40.5 Å². The van der Waals surface area contributed by atoms with Gasteiger partial charge in [0.2, 0.25) is 0 Å². The molecule has 2 rings (SSSR count). The van der Waals surface area contributed by atoms with E-state index in [0.717, 1.165) is 12.5 Å². The first-order valence-corrected chi connectivity index (χ1v) is 5.87. The van der Waals surface area contributed by atoms with Crippen LogP contribution in [-0.2, 0) is 4.74 Å². The Bertz CT molecular complexity index is 256. The van der Waals surface area contributed by atoms with E-state index in [0.29, 0.717) is 17.4 Å². The fourth-order valence-electron chi connectivity index (χ4n) is 3.20. The van der Waals surface area contributed by atoms with Gasteiger partial charge in [-0.25, -0.2) is 0 Å². The molecule has 0 N–H and O–H groups in total. The molecule has 1 fully saturated rings. The fourth-order valence-corrected chi connectivity index (χ4v) is 3.20. The molecule has 14 heavy (non-hydrogen) atoms. The van der Waals surface area contributed by atoms with Crippen molar-refractivity contribution in [2.24, 2.45) is 17.3 Å². The molecule has 1 saturated heterocycles. The van der Waals surface area contributed by atoms with E-state index in [-0.39, 0.29) is 0 Å². The van der Waals surface area contributed by atoms with Crippen LogP contribution in [0.3, 0.4) is 0 Å². The van der Waals surface area contributed by atoms with Gasteiger partial charge in [-0.05, 0) is 31.6 Å². The monoisotopic (exact) mass is 194 g/mol. The molecule has 0 amide bonds. The van der Waals surface area contributed by atoms with Crippen LogP contribution >= 0.6 is 0 Å². The largest absolute Gasteiger partial charge is 0.377 e. The number of ether oxygens (including phenoxy) is 1. The molecule has 1 aliphatic heterocycles. The highest BCUT2D eigenvalue weighted by Gasteiger charge is 2.49. The standard InChI is InChI=1S/C13H22O/c1-5-12-11-7-9(2)6-10(3)13(11,4)8-14-12/h6,10-12H,5,7-8H2,1-4H3. The predicted molar refractivity (Wildman–Crippen MR) is 59.2 cm³/mol. The lowest BCUT2D eigenvalue weighted by Crippen LogP contribution is -2.37. The van der Waals surface area contributed by atoms with Gasteiger partial charge in [0.05, 0.1) is 12.7 Å². The Balaban J connectivity index is 2.28. The van der Waals surface area contributed by atoms with Gasteiger partial charge in [-0.1, -0.05) is 32.4 Å². The van der Waals surface area contributed by atoms with Crippen LogP contribution < -0.4 is 0 Å². The highest BCUT2D eigenvalue weighted by Crippen LogP contribution is 2.51. The van der Waals surface area contributed by atoms with E-state index in [1.807, 2.05) is 0 Å². The van der Waals surface area contributed by atoms with E-state index >= 15 is 0 Å². The van der Waals surface area contributed by atoms with E-state index in [2.05, 4.69) is 33.8 Å². The van der Waals surface area contributed by atoms with Crippen molar-refractivity contribution in [3.05, 3.63) is 11.6 Å². The van der Waals surface area contributed by atoms with Gasteiger partial charge in [-0.15, -0.1) is 0 Å². The van der Waals surface area contributed by atoms with Gasteiger partial charge in [0.25, 0.3) is 0 Å². The summed E-state index contributed by atoms with van der Waals surface area (Å²) in [6.45, 7) is 10.2. The first-order valence-electron chi connectivity index (χ1n) is 5.87. The van der Waals surface area contributed by atoms with Crippen molar-refractivity contribution < 1.29 is 4.74 Å². The summed E-state index contributed by atoms with van der Waals surface area (Å²) in [6, 6.07) is 0. The van der Waals surface area contributed by atoms with Crippen LogP contribution in [0.4, 0.5) is 0 Å². The molecule has 4 atom stereocenters. The average Bonchev–Trinajstić information content (AvgIpc) is 2.45. The molecule has 4 unspecified atom stereocenters. The number of fused-ring (bicyclic) bond motifs is 1. The summed E-state index contributed by atoms with van der Waals surface area (Å²) >= 11 is 0. The van der Waals surface area contributed by atoms with Gasteiger partial charge >= 0.3 is 0 Å². The van der Waals surface area contributed by atoms with Crippen molar-refractivity contribution in [3.63, 3.8) is 0 Å². The Morgan fingerprint density at radius 1 is 1.57 bits per heavy atom. The van der Waals surface area contributed by atoms with Crippen molar-refractivity contribution in [2.75, 3.05) is 6.61 Å². The molecule has 80 valence electrons. The van der Waals surface area contributed by atoms with E-state index in [4.69, 9.17) is 4.74 Å². The Hall–Kier alpha value is -0.300. The van der Waals surface area contributed by atoms with Crippen molar-refractivity contribution in [1.82, 2.24) is 0 Å². The quantitative estimate of drug-likeness (QED) is 0.581. The van der Waals surface area contributed by atoms with Gasteiger partial charge in [0, 0.05) is 5.41 Å².